The molecule has 7 nitrogen and oxygen atoms in total. The third kappa shape index (κ3) is 5.92. The summed E-state index contributed by atoms with van der Waals surface area (Å²) >= 11 is 0. The normalized spacial score (nSPS) is 11.4. The molecule has 2 aromatic rings. The average molecular weight is 415 g/mol. The van der Waals surface area contributed by atoms with Crippen LogP contribution in [0.1, 0.15) is 50.9 Å². The van der Waals surface area contributed by atoms with Crippen LogP contribution in [0.25, 0.3) is 5.69 Å². The maximum atomic E-state index is 12.8. The van der Waals surface area contributed by atoms with Crippen molar-refractivity contribution in [2.75, 3.05) is 32.1 Å². The van der Waals surface area contributed by atoms with Crippen LogP contribution < -0.4 is 5.32 Å². The first kappa shape index (κ1) is 23.6. The molecule has 0 aliphatic carbocycles. The van der Waals surface area contributed by atoms with Gasteiger partial charge in [0.15, 0.2) is 0 Å². The maximum Gasteiger partial charge on any atom is 0.245 e. The summed E-state index contributed by atoms with van der Waals surface area (Å²) in [5.74, 6) is 0.243. The standard InChI is InChI=1S/C23H34N4O3/c1-8-22(29)26(11-12-30-7)15-21(28)24-20-14-19(23(4,5)6)25-27(20)18-10-9-16(2)13-17(18)3/h9-10,13-14H,8,11-12,15H2,1-7H3,(H,24,28). The molecule has 0 saturated heterocycles. The van der Waals surface area contributed by atoms with Crippen LogP contribution in [0.15, 0.2) is 24.3 Å². The Hall–Kier alpha value is -2.67. The number of carbonyl (C=O) groups is 2. The van der Waals surface area contributed by atoms with Crippen LogP contribution in [0.2, 0.25) is 0 Å². The van der Waals surface area contributed by atoms with Crippen molar-refractivity contribution in [2.45, 2.75) is 53.4 Å². The molecule has 0 saturated carbocycles. The van der Waals surface area contributed by atoms with Gasteiger partial charge in [-0.1, -0.05) is 45.4 Å². The van der Waals surface area contributed by atoms with Gasteiger partial charge in [-0.05, 0) is 25.5 Å². The zero-order valence-corrected chi connectivity index (χ0v) is 19.2. The molecule has 0 radical (unpaired) electrons. The van der Waals surface area contributed by atoms with E-state index in [-0.39, 0.29) is 23.8 Å². The van der Waals surface area contributed by atoms with Crippen molar-refractivity contribution < 1.29 is 14.3 Å². The third-order valence-corrected chi connectivity index (χ3v) is 4.88. The molecule has 0 bridgehead atoms. The molecule has 164 valence electrons. The largest absolute Gasteiger partial charge is 0.383 e. The van der Waals surface area contributed by atoms with E-state index in [1.54, 1.807) is 18.7 Å². The summed E-state index contributed by atoms with van der Waals surface area (Å²) in [5, 5.41) is 7.73. The number of methoxy groups -OCH3 is 1. The number of aromatic nitrogens is 2. The Morgan fingerprint density at radius 3 is 2.47 bits per heavy atom. The molecule has 0 aliphatic rings. The Morgan fingerprint density at radius 2 is 1.90 bits per heavy atom. The van der Waals surface area contributed by atoms with Gasteiger partial charge in [0, 0.05) is 31.6 Å². The van der Waals surface area contributed by atoms with Crippen molar-refractivity contribution in [1.29, 1.82) is 0 Å². The molecule has 0 aliphatic heterocycles. The van der Waals surface area contributed by atoms with Gasteiger partial charge in [-0.25, -0.2) is 4.68 Å². The number of amides is 2. The lowest BCUT2D eigenvalue weighted by atomic mass is 9.92. The monoisotopic (exact) mass is 414 g/mol. The minimum atomic E-state index is -0.265. The number of benzene rings is 1. The number of carbonyl (C=O) groups excluding carboxylic acids is 2. The molecule has 0 fully saturated rings. The third-order valence-electron chi connectivity index (χ3n) is 4.88. The highest BCUT2D eigenvalue weighted by atomic mass is 16.5. The van der Waals surface area contributed by atoms with Crippen molar-refractivity contribution in [2.24, 2.45) is 0 Å². The topological polar surface area (TPSA) is 76.5 Å². The molecule has 1 heterocycles. The van der Waals surface area contributed by atoms with Crippen LogP contribution in [0.3, 0.4) is 0 Å². The number of aryl methyl sites for hydroxylation is 2. The molecule has 2 rings (SSSR count). The second kappa shape index (κ2) is 9.89. The van der Waals surface area contributed by atoms with E-state index in [1.165, 1.54) is 4.90 Å². The molecule has 1 aromatic heterocycles. The summed E-state index contributed by atoms with van der Waals surface area (Å²) < 4.78 is 6.84. The summed E-state index contributed by atoms with van der Waals surface area (Å²) in [4.78, 5) is 26.5. The highest BCUT2D eigenvalue weighted by Gasteiger charge is 2.23. The van der Waals surface area contributed by atoms with E-state index in [0.717, 1.165) is 22.5 Å². The Morgan fingerprint density at radius 1 is 1.20 bits per heavy atom. The van der Waals surface area contributed by atoms with Crippen molar-refractivity contribution in [1.82, 2.24) is 14.7 Å². The fourth-order valence-corrected chi connectivity index (χ4v) is 3.14. The number of hydrogen-bond acceptors (Lipinski definition) is 4. The molecule has 0 unspecified atom stereocenters. The minimum absolute atomic E-state index is 0.0288. The maximum absolute atomic E-state index is 12.8. The Labute approximate surface area is 179 Å². The molecular formula is C23H34N4O3. The van der Waals surface area contributed by atoms with Gasteiger partial charge in [-0.3, -0.25) is 9.59 Å². The molecule has 1 N–H and O–H groups in total. The molecule has 2 amide bonds. The predicted molar refractivity (Wildman–Crippen MR) is 119 cm³/mol. The van der Waals surface area contributed by atoms with E-state index in [4.69, 9.17) is 9.84 Å². The van der Waals surface area contributed by atoms with E-state index < -0.39 is 0 Å². The lowest BCUT2D eigenvalue weighted by Gasteiger charge is -2.21. The van der Waals surface area contributed by atoms with E-state index in [2.05, 4.69) is 32.2 Å². The van der Waals surface area contributed by atoms with Crippen molar-refractivity contribution >= 4 is 17.6 Å². The molecular weight excluding hydrogens is 380 g/mol. The molecule has 30 heavy (non-hydrogen) atoms. The first-order chi connectivity index (χ1) is 14.1. The summed E-state index contributed by atoms with van der Waals surface area (Å²) in [6, 6.07) is 8.02. The van der Waals surface area contributed by atoms with Crippen LogP contribution in [0.5, 0.6) is 0 Å². The van der Waals surface area contributed by atoms with Gasteiger partial charge in [0.1, 0.15) is 5.82 Å². The van der Waals surface area contributed by atoms with Crippen LogP contribution >= 0.6 is 0 Å². The van der Waals surface area contributed by atoms with Crippen LogP contribution in [0, 0.1) is 13.8 Å². The summed E-state index contributed by atoms with van der Waals surface area (Å²) in [7, 11) is 1.57. The van der Waals surface area contributed by atoms with E-state index in [1.807, 2.05) is 32.0 Å². The highest BCUT2D eigenvalue weighted by Crippen LogP contribution is 2.27. The van der Waals surface area contributed by atoms with E-state index >= 15 is 0 Å². The summed E-state index contributed by atoms with van der Waals surface area (Å²) in [6.07, 6.45) is 0.339. The Bertz CT molecular complexity index is 896. The zero-order chi connectivity index (χ0) is 22.5. The number of ether oxygens (including phenoxy) is 1. The van der Waals surface area contributed by atoms with E-state index in [9.17, 15) is 9.59 Å². The fourth-order valence-electron chi connectivity index (χ4n) is 3.14. The van der Waals surface area contributed by atoms with Gasteiger partial charge in [0.25, 0.3) is 0 Å². The summed E-state index contributed by atoms with van der Waals surface area (Å²) in [5.41, 5.74) is 3.84. The van der Waals surface area contributed by atoms with E-state index in [0.29, 0.717) is 25.4 Å². The van der Waals surface area contributed by atoms with Crippen LogP contribution in [-0.4, -0.2) is 53.3 Å². The number of hydrogen-bond donors (Lipinski definition) is 1. The highest BCUT2D eigenvalue weighted by molar-refractivity contribution is 5.94. The molecule has 0 atom stereocenters. The van der Waals surface area contributed by atoms with Gasteiger partial charge in [0.2, 0.25) is 11.8 Å². The molecule has 1 aromatic carbocycles. The first-order valence-corrected chi connectivity index (χ1v) is 10.3. The predicted octanol–water partition coefficient (Wildman–Crippen LogP) is 3.61. The number of nitrogens with one attached hydrogen (secondary N) is 1. The van der Waals surface area contributed by atoms with Crippen LogP contribution in [-0.2, 0) is 19.7 Å². The smallest absolute Gasteiger partial charge is 0.245 e. The Balaban J connectivity index is 2.34. The SMILES string of the molecule is CCC(=O)N(CCOC)CC(=O)Nc1cc(C(C)(C)C)nn1-c1ccc(C)cc1C. The second-order valence-corrected chi connectivity index (χ2v) is 8.58. The van der Waals surface area contributed by atoms with Gasteiger partial charge < -0.3 is 15.0 Å². The van der Waals surface area contributed by atoms with Gasteiger partial charge in [0.05, 0.1) is 24.5 Å². The first-order valence-electron chi connectivity index (χ1n) is 10.3. The zero-order valence-electron chi connectivity index (χ0n) is 19.2. The van der Waals surface area contributed by atoms with Crippen LogP contribution in [0.4, 0.5) is 5.82 Å². The van der Waals surface area contributed by atoms with Crippen molar-refractivity contribution in [3.05, 3.63) is 41.1 Å². The lowest BCUT2D eigenvalue weighted by molar-refractivity contribution is -0.135. The number of rotatable bonds is 8. The number of anilines is 1. The fraction of sp³-hybridized carbons (Fsp3) is 0.522. The summed E-state index contributed by atoms with van der Waals surface area (Å²) in [6.45, 7) is 12.8. The molecule has 7 heteroatoms. The lowest BCUT2D eigenvalue weighted by Crippen LogP contribution is -2.39. The van der Waals surface area contributed by atoms with Gasteiger partial charge in [-0.15, -0.1) is 0 Å². The average Bonchev–Trinajstić information content (AvgIpc) is 3.08. The number of nitrogens with zero attached hydrogens (tertiary/aromatic N) is 3. The van der Waals surface area contributed by atoms with Crippen molar-refractivity contribution in [3.8, 4) is 5.69 Å². The molecule has 0 spiro atoms. The Kier molecular flexibility index (Phi) is 7.78. The quantitative estimate of drug-likeness (QED) is 0.716. The minimum Gasteiger partial charge on any atom is -0.383 e. The van der Waals surface area contributed by atoms with Gasteiger partial charge in [-0.2, -0.15) is 5.10 Å². The van der Waals surface area contributed by atoms with Gasteiger partial charge >= 0.3 is 0 Å². The second-order valence-electron chi connectivity index (χ2n) is 8.58. The van der Waals surface area contributed by atoms with Crippen molar-refractivity contribution in [3.63, 3.8) is 0 Å².